The molecule has 1 aromatic heterocycles. The van der Waals surface area contributed by atoms with Crippen molar-refractivity contribution >= 4 is 11.5 Å². The molecule has 3 aromatic rings. The average molecular weight is 373 g/mol. The number of hydrogen-bond donors (Lipinski definition) is 3. The first-order chi connectivity index (χ1) is 13.7. The molecule has 1 fully saturated rings. The van der Waals surface area contributed by atoms with Gasteiger partial charge in [-0.1, -0.05) is 18.2 Å². The van der Waals surface area contributed by atoms with Gasteiger partial charge in [-0.15, -0.1) is 0 Å². The molecule has 142 valence electrons. The van der Waals surface area contributed by atoms with Crippen molar-refractivity contribution < 1.29 is 4.74 Å². The summed E-state index contributed by atoms with van der Waals surface area (Å²) >= 11 is 0. The highest BCUT2D eigenvalue weighted by atomic mass is 16.5. The highest BCUT2D eigenvalue weighted by Gasteiger charge is 2.23. The summed E-state index contributed by atoms with van der Waals surface area (Å²) in [6, 6.07) is 17.6. The average Bonchev–Trinajstić information content (AvgIpc) is 3.14. The summed E-state index contributed by atoms with van der Waals surface area (Å²) < 4.78 is 5.82. The van der Waals surface area contributed by atoms with Gasteiger partial charge in [-0.3, -0.25) is 5.41 Å². The van der Waals surface area contributed by atoms with Crippen LogP contribution >= 0.6 is 0 Å². The van der Waals surface area contributed by atoms with Gasteiger partial charge in [0.15, 0.2) is 0 Å². The fourth-order valence-corrected chi connectivity index (χ4v) is 3.44. The summed E-state index contributed by atoms with van der Waals surface area (Å²) in [5.41, 5.74) is 7.84. The fourth-order valence-electron chi connectivity index (χ4n) is 3.44. The summed E-state index contributed by atoms with van der Waals surface area (Å²) in [6.45, 7) is 0. The van der Waals surface area contributed by atoms with Gasteiger partial charge in [-0.25, -0.2) is 9.97 Å². The minimum absolute atomic E-state index is 0.236. The van der Waals surface area contributed by atoms with E-state index in [1.807, 2.05) is 54.6 Å². The number of benzene rings is 2. The molecule has 0 saturated heterocycles. The predicted molar refractivity (Wildman–Crippen MR) is 110 cm³/mol. The van der Waals surface area contributed by atoms with Crippen LogP contribution in [0.4, 0.5) is 5.82 Å². The van der Waals surface area contributed by atoms with Crippen LogP contribution in [0, 0.1) is 5.41 Å². The van der Waals surface area contributed by atoms with Gasteiger partial charge in [0.1, 0.15) is 23.6 Å². The Balaban J connectivity index is 1.50. The van der Waals surface area contributed by atoms with Crippen molar-refractivity contribution in [1.29, 1.82) is 5.41 Å². The zero-order valence-electron chi connectivity index (χ0n) is 15.5. The third-order valence-corrected chi connectivity index (χ3v) is 4.92. The van der Waals surface area contributed by atoms with Gasteiger partial charge in [0.2, 0.25) is 0 Å². The molecule has 0 radical (unpaired) electrons. The van der Waals surface area contributed by atoms with Crippen molar-refractivity contribution in [2.45, 2.75) is 31.3 Å². The molecule has 6 heteroatoms. The number of nitrogens with two attached hydrogens (primary N) is 1. The van der Waals surface area contributed by atoms with Gasteiger partial charge >= 0.3 is 0 Å². The number of para-hydroxylation sites is 1. The largest absolute Gasteiger partial charge is 0.457 e. The van der Waals surface area contributed by atoms with E-state index in [4.69, 9.17) is 15.9 Å². The van der Waals surface area contributed by atoms with Crippen molar-refractivity contribution in [3.05, 3.63) is 78.2 Å². The van der Waals surface area contributed by atoms with Crippen LogP contribution in [0.2, 0.25) is 0 Å². The Morgan fingerprint density at radius 1 is 1.04 bits per heavy atom. The van der Waals surface area contributed by atoms with Crippen LogP contribution in [0.1, 0.15) is 30.4 Å². The van der Waals surface area contributed by atoms with E-state index in [2.05, 4.69) is 15.3 Å². The maximum atomic E-state index is 8.63. The predicted octanol–water partition coefficient (Wildman–Crippen LogP) is 3.98. The van der Waals surface area contributed by atoms with Gasteiger partial charge in [0.25, 0.3) is 0 Å². The molecular formula is C22H23N5O. The normalized spacial score (nSPS) is 18.6. The molecule has 1 heterocycles. The van der Waals surface area contributed by atoms with E-state index in [0.717, 1.165) is 36.3 Å². The Morgan fingerprint density at radius 3 is 2.50 bits per heavy atom. The lowest BCUT2D eigenvalue weighted by Crippen LogP contribution is -2.22. The van der Waals surface area contributed by atoms with Crippen molar-refractivity contribution in [3.8, 4) is 11.5 Å². The first-order valence-corrected chi connectivity index (χ1v) is 9.43. The highest BCUT2D eigenvalue weighted by Crippen LogP contribution is 2.25. The zero-order valence-corrected chi connectivity index (χ0v) is 15.5. The maximum absolute atomic E-state index is 8.63. The summed E-state index contributed by atoms with van der Waals surface area (Å²) in [7, 11) is 0. The Kier molecular flexibility index (Phi) is 5.30. The summed E-state index contributed by atoms with van der Waals surface area (Å²) in [5, 5.41) is 12.1. The molecule has 2 unspecified atom stereocenters. The van der Waals surface area contributed by atoms with E-state index in [0.29, 0.717) is 17.1 Å². The monoisotopic (exact) mass is 373 g/mol. The molecule has 1 aliphatic rings. The molecule has 0 aliphatic heterocycles. The van der Waals surface area contributed by atoms with Crippen molar-refractivity contribution in [2.75, 3.05) is 5.32 Å². The fraction of sp³-hybridized carbons (Fsp3) is 0.227. The van der Waals surface area contributed by atoms with Crippen LogP contribution < -0.4 is 15.8 Å². The van der Waals surface area contributed by atoms with Crippen LogP contribution in [-0.4, -0.2) is 27.8 Å². The molecule has 2 atom stereocenters. The van der Waals surface area contributed by atoms with Crippen LogP contribution in [0.15, 0.2) is 67.1 Å². The van der Waals surface area contributed by atoms with Crippen molar-refractivity contribution in [1.82, 2.24) is 9.97 Å². The molecule has 0 bridgehead atoms. The number of rotatable bonds is 6. The standard InChI is InChI=1S/C22H23N5O/c23-16-8-9-17(12-16)27-22-20(13-25-14-26-22)21(24)15-6-10-19(11-7-15)28-18-4-2-1-3-5-18/h1-7,10-11,13-14,16-17,24H,8-9,12,23H2,(H,25,26,27). The van der Waals surface area contributed by atoms with E-state index >= 15 is 0 Å². The Morgan fingerprint density at radius 2 is 1.79 bits per heavy atom. The van der Waals surface area contributed by atoms with Crippen LogP contribution in [-0.2, 0) is 0 Å². The highest BCUT2D eigenvalue weighted by molar-refractivity contribution is 6.13. The second-order valence-electron chi connectivity index (χ2n) is 7.01. The Labute approximate surface area is 164 Å². The lowest BCUT2D eigenvalue weighted by molar-refractivity contribution is 0.482. The summed E-state index contributed by atoms with van der Waals surface area (Å²) in [4.78, 5) is 8.47. The van der Waals surface area contributed by atoms with E-state index in [1.165, 1.54) is 6.33 Å². The molecule has 2 aromatic carbocycles. The summed E-state index contributed by atoms with van der Waals surface area (Å²) in [6.07, 6.45) is 6.13. The van der Waals surface area contributed by atoms with Crippen LogP contribution in [0.3, 0.4) is 0 Å². The van der Waals surface area contributed by atoms with E-state index in [9.17, 15) is 0 Å². The Bertz CT molecular complexity index is 943. The number of anilines is 1. The Hall–Kier alpha value is -3.25. The molecule has 4 N–H and O–H groups in total. The first-order valence-electron chi connectivity index (χ1n) is 9.43. The van der Waals surface area contributed by atoms with Gasteiger partial charge in [0.05, 0.1) is 11.3 Å². The second kappa shape index (κ2) is 8.19. The number of ether oxygens (including phenoxy) is 1. The zero-order chi connectivity index (χ0) is 19.3. The molecule has 0 amide bonds. The molecule has 0 spiro atoms. The first kappa shape index (κ1) is 18.1. The quantitative estimate of drug-likeness (QED) is 0.568. The third-order valence-electron chi connectivity index (χ3n) is 4.92. The van der Waals surface area contributed by atoms with Crippen LogP contribution in [0.25, 0.3) is 0 Å². The third kappa shape index (κ3) is 4.18. The van der Waals surface area contributed by atoms with E-state index in [-0.39, 0.29) is 12.1 Å². The number of nitrogens with zero attached hydrogens (tertiary/aromatic N) is 2. The SMILES string of the molecule is N=C(c1ccc(Oc2ccccc2)cc1)c1cncnc1NC1CCC(N)C1. The summed E-state index contributed by atoms with van der Waals surface area (Å²) in [5.74, 6) is 2.19. The second-order valence-corrected chi connectivity index (χ2v) is 7.01. The van der Waals surface area contributed by atoms with Crippen molar-refractivity contribution in [3.63, 3.8) is 0 Å². The maximum Gasteiger partial charge on any atom is 0.139 e. The van der Waals surface area contributed by atoms with Gasteiger partial charge < -0.3 is 15.8 Å². The minimum atomic E-state index is 0.236. The molecule has 28 heavy (non-hydrogen) atoms. The minimum Gasteiger partial charge on any atom is -0.457 e. The molecule has 1 saturated carbocycles. The molecule has 1 aliphatic carbocycles. The van der Waals surface area contributed by atoms with E-state index in [1.54, 1.807) is 6.20 Å². The lowest BCUT2D eigenvalue weighted by atomic mass is 10.0. The van der Waals surface area contributed by atoms with Gasteiger partial charge in [-0.2, -0.15) is 0 Å². The van der Waals surface area contributed by atoms with E-state index < -0.39 is 0 Å². The number of aromatic nitrogens is 2. The molecule has 4 rings (SSSR count). The molecular weight excluding hydrogens is 350 g/mol. The van der Waals surface area contributed by atoms with Crippen LogP contribution in [0.5, 0.6) is 11.5 Å². The number of nitrogens with one attached hydrogen (secondary N) is 2. The molecule has 6 nitrogen and oxygen atoms in total. The van der Waals surface area contributed by atoms with Gasteiger partial charge in [-0.05, 0) is 55.7 Å². The number of hydrogen-bond acceptors (Lipinski definition) is 6. The smallest absolute Gasteiger partial charge is 0.139 e. The van der Waals surface area contributed by atoms with Gasteiger partial charge in [0, 0.05) is 23.8 Å². The topological polar surface area (TPSA) is 96.9 Å². The lowest BCUT2D eigenvalue weighted by Gasteiger charge is -2.16. The van der Waals surface area contributed by atoms with Crippen molar-refractivity contribution in [2.24, 2.45) is 5.73 Å².